The molecule has 0 unspecified atom stereocenters. The highest BCUT2D eigenvalue weighted by molar-refractivity contribution is 5.19. The van der Waals surface area contributed by atoms with Crippen LogP contribution < -0.4 is 4.74 Å². The van der Waals surface area contributed by atoms with Crippen molar-refractivity contribution in [3.63, 3.8) is 0 Å². The number of hydrogen-bond acceptors (Lipinski definition) is 2. The lowest BCUT2D eigenvalue weighted by Gasteiger charge is -2.10. The molecule has 1 saturated heterocycles. The Kier molecular flexibility index (Phi) is 2.00. The molecule has 2 atom stereocenters. The molecule has 1 aromatic carbocycles. The maximum Gasteiger partial charge on any atom is 0.127 e. The second kappa shape index (κ2) is 3.15. The Balaban J connectivity index is 1.94. The lowest BCUT2D eigenvalue weighted by Crippen LogP contribution is -2.18. The molecule has 1 radical (unpaired) electrons. The molecule has 1 aromatic rings. The van der Waals surface area contributed by atoms with Crippen LogP contribution in [0.5, 0.6) is 5.75 Å². The molecule has 1 heterocycles. The maximum absolute atomic E-state index is 5.56. The molecule has 12 heavy (non-hydrogen) atoms. The number of ether oxygens (including phenoxy) is 2. The number of para-hydroxylation sites is 1. The van der Waals surface area contributed by atoms with E-state index in [4.69, 9.17) is 9.47 Å². The van der Waals surface area contributed by atoms with E-state index in [0.29, 0.717) is 6.10 Å². The number of epoxide rings is 1. The van der Waals surface area contributed by atoms with Crippen LogP contribution in [0.15, 0.2) is 24.3 Å². The molecule has 1 fully saturated rings. The van der Waals surface area contributed by atoms with Gasteiger partial charge < -0.3 is 9.47 Å². The van der Waals surface area contributed by atoms with Crippen LogP contribution in [0.3, 0.4) is 0 Å². The topological polar surface area (TPSA) is 21.8 Å². The molecule has 0 bridgehead atoms. The first kappa shape index (κ1) is 7.62. The zero-order chi connectivity index (χ0) is 8.39. The molecule has 1 aliphatic heterocycles. The van der Waals surface area contributed by atoms with Crippen molar-refractivity contribution in [2.45, 2.75) is 19.1 Å². The fourth-order valence-electron chi connectivity index (χ4n) is 1.05. The van der Waals surface area contributed by atoms with Gasteiger partial charge in [0.1, 0.15) is 18.0 Å². The van der Waals surface area contributed by atoms with Gasteiger partial charge in [0.25, 0.3) is 0 Å². The molecule has 0 saturated carbocycles. The first-order valence-electron chi connectivity index (χ1n) is 4.11. The third-order valence-electron chi connectivity index (χ3n) is 1.88. The van der Waals surface area contributed by atoms with E-state index in [1.165, 1.54) is 0 Å². The summed E-state index contributed by atoms with van der Waals surface area (Å²) in [6, 6.07) is 10.6. The third kappa shape index (κ3) is 1.77. The molecule has 2 rings (SSSR count). The Labute approximate surface area is 72.1 Å². The van der Waals surface area contributed by atoms with Crippen LogP contribution in [-0.2, 0) is 4.74 Å². The van der Waals surface area contributed by atoms with Gasteiger partial charge in [-0.05, 0) is 13.0 Å². The van der Waals surface area contributed by atoms with E-state index in [0.717, 1.165) is 12.4 Å². The zero-order valence-electron chi connectivity index (χ0n) is 6.99. The predicted molar refractivity (Wildman–Crippen MR) is 45.1 cm³/mol. The van der Waals surface area contributed by atoms with Crippen LogP contribution in [0.2, 0.25) is 0 Å². The van der Waals surface area contributed by atoms with Gasteiger partial charge in [0.2, 0.25) is 0 Å². The highest BCUT2D eigenvalue weighted by Crippen LogP contribution is 2.19. The molecule has 1 aliphatic rings. The summed E-state index contributed by atoms with van der Waals surface area (Å²) >= 11 is 0. The quantitative estimate of drug-likeness (QED) is 0.632. The largest absolute Gasteiger partial charge is 0.487 e. The average molecular weight is 163 g/mol. The van der Waals surface area contributed by atoms with Crippen molar-refractivity contribution in [1.82, 2.24) is 0 Å². The van der Waals surface area contributed by atoms with Gasteiger partial charge in [0, 0.05) is 6.07 Å². The summed E-state index contributed by atoms with van der Waals surface area (Å²) < 4.78 is 10.7. The Morgan fingerprint density at radius 1 is 1.67 bits per heavy atom. The summed E-state index contributed by atoms with van der Waals surface area (Å²) in [5, 5.41) is 0. The van der Waals surface area contributed by atoms with Gasteiger partial charge in [-0.1, -0.05) is 18.2 Å². The summed E-state index contributed by atoms with van der Waals surface area (Å²) in [6.07, 6.45) is 0.433. The van der Waals surface area contributed by atoms with Crippen LogP contribution in [0.25, 0.3) is 0 Å². The van der Waals surface area contributed by atoms with Gasteiger partial charge in [-0.3, -0.25) is 0 Å². The minimum Gasteiger partial charge on any atom is -0.487 e. The fourth-order valence-corrected chi connectivity index (χ4v) is 1.05. The van der Waals surface area contributed by atoms with Crippen LogP contribution in [-0.4, -0.2) is 18.8 Å². The Hall–Kier alpha value is -1.02. The molecule has 0 aliphatic carbocycles. The monoisotopic (exact) mass is 163 g/mol. The van der Waals surface area contributed by atoms with Crippen molar-refractivity contribution in [1.29, 1.82) is 0 Å². The predicted octanol–water partition coefficient (Wildman–Crippen LogP) is 1.65. The van der Waals surface area contributed by atoms with Crippen molar-refractivity contribution in [3.05, 3.63) is 30.3 Å². The Morgan fingerprint density at radius 2 is 2.50 bits per heavy atom. The molecule has 2 heteroatoms. The molecule has 0 spiro atoms. The smallest absolute Gasteiger partial charge is 0.127 e. The SMILES string of the molecule is C[C@H](Oc1[c]cccc1)[C@@H]1CO1. The molecule has 2 nitrogen and oxygen atoms in total. The summed E-state index contributed by atoms with van der Waals surface area (Å²) in [7, 11) is 0. The van der Waals surface area contributed by atoms with E-state index >= 15 is 0 Å². The van der Waals surface area contributed by atoms with E-state index in [-0.39, 0.29) is 6.10 Å². The van der Waals surface area contributed by atoms with E-state index in [1.54, 1.807) is 0 Å². The minimum absolute atomic E-state index is 0.142. The minimum atomic E-state index is 0.142. The Morgan fingerprint density at radius 3 is 3.08 bits per heavy atom. The molecule has 0 aromatic heterocycles. The van der Waals surface area contributed by atoms with Gasteiger partial charge in [0.15, 0.2) is 0 Å². The lowest BCUT2D eigenvalue weighted by atomic mass is 10.3. The molecular weight excluding hydrogens is 152 g/mol. The normalized spacial score (nSPS) is 23.2. The van der Waals surface area contributed by atoms with Crippen LogP contribution in [0, 0.1) is 6.07 Å². The first-order chi connectivity index (χ1) is 5.86. The molecule has 63 valence electrons. The van der Waals surface area contributed by atoms with E-state index < -0.39 is 0 Å². The van der Waals surface area contributed by atoms with Crippen molar-refractivity contribution >= 4 is 0 Å². The van der Waals surface area contributed by atoms with E-state index in [1.807, 2.05) is 31.2 Å². The van der Waals surface area contributed by atoms with Gasteiger partial charge in [-0.15, -0.1) is 0 Å². The summed E-state index contributed by atoms with van der Waals surface area (Å²) in [4.78, 5) is 0. The molecular formula is C10H11O2. The average Bonchev–Trinajstić information content (AvgIpc) is 2.88. The number of benzene rings is 1. The second-order valence-electron chi connectivity index (χ2n) is 2.92. The highest BCUT2D eigenvalue weighted by Gasteiger charge is 2.30. The van der Waals surface area contributed by atoms with Crippen LogP contribution in [0.1, 0.15) is 6.92 Å². The van der Waals surface area contributed by atoms with Gasteiger partial charge in [-0.2, -0.15) is 0 Å². The van der Waals surface area contributed by atoms with Crippen molar-refractivity contribution in [3.8, 4) is 5.75 Å². The standard InChI is InChI=1S/C10H11O2/c1-8(10-7-11-10)12-9-5-3-2-4-6-9/h2-5,8,10H,7H2,1H3/t8-,10-/m0/s1. The van der Waals surface area contributed by atoms with Crippen LogP contribution in [0.4, 0.5) is 0 Å². The molecule has 0 amide bonds. The Bertz CT molecular complexity index is 241. The summed E-state index contributed by atoms with van der Waals surface area (Å²) in [5.74, 6) is 0.792. The van der Waals surface area contributed by atoms with Gasteiger partial charge in [-0.25, -0.2) is 0 Å². The highest BCUT2D eigenvalue weighted by atomic mass is 16.6. The van der Waals surface area contributed by atoms with Crippen LogP contribution >= 0.6 is 0 Å². The lowest BCUT2D eigenvalue weighted by molar-refractivity contribution is 0.176. The molecule has 0 N–H and O–H groups in total. The maximum atomic E-state index is 5.56. The van der Waals surface area contributed by atoms with Crippen molar-refractivity contribution < 1.29 is 9.47 Å². The number of rotatable bonds is 3. The van der Waals surface area contributed by atoms with Crippen molar-refractivity contribution in [2.75, 3.05) is 6.61 Å². The number of hydrogen-bond donors (Lipinski definition) is 0. The zero-order valence-corrected chi connectivity index (χ0v) is 6.99. The third-order valence-corrected chi connectivity index (χ3v) is 1.88. The summed E-state index contributed by atoms with van der Waals surface area (Å²) in [6.45, 7) is 2.84. The fraction of sp³-hybridized carbons (Fsp3) is 0.400. The summed E-state index contributed by atoms with van der Waals surface area (Å²) in [5.41, 5.74) is 0. The van der Waals surface area contributed by atoms with Gasteiger partial charge in [0.05, 0.1) is 6.61 Å². The van der Waals surface area contributed by atoms with Gasteiger partial charge >= 0.3 is 0 Å². The second-order valence-corrected chi connectivity index (χ2v) is 2.92. The van der Waals surface area contributed by atoms with E-state index in [2.05, 4.69) is 6.07 Å². The first-order valence-corrected chi connectivity index (χ1v) is 4.11. The van der Waals surface area contributed by atoms with E-state index in [9.17, 15) is 0 Å². The van der Waals surface area contributed by atoms with Crippen molar-refractivity contribution in [2.24, 2.45) is 0 Å².